The predicted octanol–water partition coefficient (Wildman–Crippen LogP) is -1.02. The summed E-state index contributed by atoms with van der Waals surface area (Å²) in [5.41, 5.74) is 0.371. The van der Waals surface area contributed by atoms with Crippen molar-refractivity contribution in [2.45, 2.75) is 28.6 Å². The highest BCUT2D eigenvalue weighted by Gasteiger charge is 2.46. The average molecular weight is 406 g/mol. The third-order valence-corrected chi connectivity index (χ3v) is 6.94. The average Bonchev–Trinajstić information content (AvgIpc) is 3.02. The number of H-pyrrole nitrogens is 1. The van der Waals surface area contributed by atoms with Crippen LogP contribution in [0.25, 0.3) is 0 Å². The summed E-state index contributed by atoms with van der Waals surface area (Å²) in [5, 5.41) is 27.5. The van der Waals surface area contributed by atoms with Gasteiger partial charge in [-0.3, -0.25) is 9.69 Å². The number of fused-ring (bicyclic) bond motifs is 1. The number of rotatable bonds is 7. The molecule has 0 spiro atoms. The van der Waals surface area contributed by atoms with Crippen LogP contribution < -0.4 is 5.14 Å². The zero-order valence-electron chi connectivity index (χ0n) is 12.7. The smallest absolute Gasteiger partial charge is 0.352 e. The molecule has 1 saturated heterocycles. The number of sulfonamides is 1. The van der Waals surface area contributed by atoms with Gasteiger partial charge in [0.2, 0.25) is 21.1 Å². The molecular formula is C11H14N6O5S3. The minimum atomic E-state index is -3.73. The maximum absolute atomic E-state index is 11.8. The molecule has 1 aromatic rings. The van der Waals surface area contributed by atoms with E-state index in [2.05, 4.69) is 20.6 Å². The molecule has 2 atom stereocenters. The van der Waals surface area contributed by atoms with Crippen molar-refractivity contribution in [1.29, 1.82) is 0 Å². The highest BCUT2D eigenvalue weighted by Crippen LogP contribution is 2.43. The molecular weight excluding hydrogens is 392 g/mol. The van der Waals surface area contributed by atoms with Crippen LogP contribution >= 0.6 is 23.5 Å². The lowest BCUT2D eigenvalue weighted by Crippen LogP contribution is -2.54. The maximum atomic E-state index is 11.8. The van der Waals surface area contributed by atoms with Crippen LogP contribution in [-0.2, 0) is 19.6 Å². The fourth-order valence-electron chi connectivity index (χ4n) is 2.59. The topological polar surface area (TPSA) is 172 Å². The Morgan fingerprint density at radius 3 is 2.88 bits per heavy atom. The Morgan fingerprint density at radius 2 is 2.32 bits per heavy atom. The molecule has 1 fully saturated rings. The zero-order chi connectivity index (χ0) is 18.2. The number of nitrogens with two attached hydrogens (primary N) is 1. The van der Waals surface area contributed by atoms with Crippen molar-refractivity contribution >= 4 is 45.4 Å². The van der Waals surface area contributed by atoms with Crippen LogP contribution in [0.2, 0.25) is 0 Å². The predicted molar refractivity (Wildman–Crippen MR) is 88.8 cm³/mol. The van der Waals surface area contributed by atoms with Crippen LogP contribution in [0.1, 0.15) is 12.8 Å². The molecule has 1 unspecified atom stereocenters. The molecule has 0 aliphatic carbocycles. The van der Waals surface area contributed by atoms with Gasteiger partial charge in [0.1, 0.15) is 5.70 Å². The van der Waals surface area contributed by atoms with E-state index in [-0.39, 0.29) is 34.3 Å². The van der Waals surface area contributed by atoms with Crippen molar-refractivity contribution in [3.63, 3.8) is 0 Å². The first-order valence-corrected chi connectivity index (χ1v) is 10.7. The van der Waals surface area contributed by atoms with E-state index in [0.717, 1.165) is 11.8 Å². The molecule has 3 rings (SSSR count). The number of carbonyl (C=O) groups is 2. The number of aliphatic carboxylic acids is 1. The van der Waals surface area contributed by atoms with Gasteiger partial charge in [-0.15, -0.1) is 22.0 Å². The molecule has 0 radical (unpaired) electrons. The van der Waals surface area contributed by atoms with Crippen LogP contribution in [0.15, 0.2) is 16.4 Å². The van der Waals surface area contributed by atoms with Gasteiger partial charge in [0.15, 0.2) is 0 Å². The second-order valence-corrected chi connectivity index (χ2v) is 9.44. The van der Waals surface area contributed by atoms with Crippen molar-refractivity contribution in [3.05, 3.63) is 11.3 Å². The van der Waals surface area contributed by atoms with E-state index in [4.69, 9.17) is 5.14 Å². The molecule has 0 saturated carbocycles. The van der Waals surface area contributed by atoms with Crippen molar-refractivity contribution in [1.82, 2.24) is 25.5 Å². The first kappa shape index (κ1) is 18.2. The fraction of sp³-hybridized carbons (Fsp3) is 0.545. The number of carboxylic acid groups (broad SMARTS) is 1. The Labute approximate surface area is 150 Å². The summed E-state index contributed by atoms with van der Waals surface area (Å²) in [6.07, 6.45) is 0.367. The Hall–Kier alpha value is -1.64. The summed E-state index contributed by atoms with van der Waals surface area (Å²) < 4.78 is 22.7. The molecule has 0 aromatic carbocycles. The molecule has 11 nitrogen and oxygen atoms in total. The number of nitrogens with zero attached hydrogens (tertiary/aromatic N) is 4. The molecule has 14 heteroatoms. The third kappa shape index (κ3) is 3.96. The number of tetrazole rings is 1. The van der Waals surface area contributed by atoms with Crippen molar-refractivity contribution in [3.8, 4) is 0 Å². The summed E-state index contributed by atoms with van der Waals surface area (Å²) in [4.78, 5) is 24.8. The SMILES string of the molecule is NS(=O)(=O)CCC(Sc1nn[nH]n1)C1=C(C(=O)O)N2C(=O)C[C@@H]2SC1. The number of amides is 1. The second kappa shape index (κ2) is 6.93. The Balaban J connectivity index is 1.95. The molecule has 3 heterocycles. The number of carbonyl (C=O) groups excluding carboxylic acids is 1. The van der Waals surface area contributed by atoms with Gasteiger partial charge in [0.05, 0.1) is 17.5 Å². The van der Waals surface area contributed by atoms with E-state index >= 15 is 0 Å². The number of hydrogen-bond donors (Lipinski definition) is 3. The van der Waals surface area contributed by atoms with Crippen molar-refractivity contribution in [2.75, 3.05) is 11.5 Å². The van der Waals surface area contributed by atoms with Gasteiger partial charge in [-0.05, 0) is 17.2 Å². The summed E-state index contributed by atoms with van der Waals surface area (Å²) >= 11 is 2.53. The van der Waals surface area contributed by atoms with Gasteiger partial charge >= 0.3 is 5.97 Å². The van der Waals surface area contributed by atoms with E-state index in [0.29, 0.717) is 17.7 Å². The molecule has 2 aliphatic heterocycles. The van der Waals surface area contributed by atoms with Gasteiger partial charge in [0, 0.05) is 11.0 Å². The van der Waals surface area contributed by atoms with Crippen LogP contribution in [0.5, 0.6) is 0 Å². The van der Waals surface area contributed by atoms with Gasteiger partial charge in [-0.1, -0.05) is 11.8 Å². The number of hydrogen-bond acceptors (Lipinski definition) is 9. The van der Waals surface area contributed by atoms with Crippen LogP contribution in [0.3, 0.4) is 0 Å². The Kier molecular flexibility index (Phi) is 5.04. The number of carboxylic acids is 1. The maximum Gasteiger partial charge on any atom is 0.352 e. The monoisotopic (exact) mass is 406 g/mol. The van der Waals surface area contributed by atoms with E-state index in [9.17, 15) is 23.1 Å². The molecule has 0 bridgehead atoms. The highest BCUT2D eigenvalue weighted by molar-refractivity contribution is 8.01. The summed E-state index contributed by atoms with van der Waals surface area (Å²) in [6.45, 7) is 0. The molecule has 136 valence electrons. The first-order chi connectivity index (χ1) is 11.8. The lowest BCUT2D eigenvalue weighted by atomic mass is 10.0. The number of aromatic nitrogens is 4. The first-order valence-electron chi connectivity index (χ1n) is 7.07. The zero-order valence-corrected chi connectivity index (χ0v) is 15.1. The van der Waals surface area contributed by atoms with E-state index in [1.54, 1.807) is 0 Å². The normalized spacial score (nSPS) is 21.7. The number of β-lactam (4-membered cyclic amide) rings is 1. The van der Waals surface area contributed by atoms with Crippen LogP contribution in [0, 0.1) is 0 Å². The third-order valence-electron chi connectivity index (χ3n) is 3.71. The molecule has 4 N–H and O–H groups in total. The summed E-state index contributed by atoms with van der Waals surface area (Å²) in [7, 11) is -3.73. The van der Waals surface area contributed by atoms with Crippen molar-refractivity contribution in [2.24, 2.45) is 5.14 Å². The number of nitrogens with one attached hydrogen (secondary N) is 1. The lowest BCUT2D eigenvalue weighted by molar-refractivity contribution is -0.146. The lowest BCUT2D eigenvalue weighted by Gasteiger charge is -2.45. The standard InChI is InChI=1S/C11H14N6O5S3/c12-25(21,22)2-1-6(24-11-13-15-16-14-11)5-4-23-8-3-7(18)17(8)9(5)10(19)20/h6,8H,1-4H2,(H,19,20)(H2,12,21,22)(H,13,14,15,16)/t6?,8-/m0/s1. The van der Waals surface area contributed by atoms with Crippen LogP contribution in [-0.4, -0.2) is 73.1 Å². The Morgan fingerprint density at radius 1 is 1.56 bits per heavy atom. The number of aromatic amines is 1. The van der Waals surface area contributed by atoms with Gasteiger partial charge in [0.25, 0.3) is 0 Å². The minimum Gasteiger partial charge on any atom is -0.477 e. The largest absolute Gasteiger partial charge is 0.477 e. The van der Waals surface area contributed by atoms with Crippen molar-refractivity contribution < 1.29 is 23.1 Å². The number of primary sulfonamides is 1. The molecule has 2 aliphatic rings. The van der Waals surface area contributed by atoms with E-state index in [1.165, 1.54) is 16.7 Å². The highest BCUT2D eigenvalue weighted by atomic mass is 32.2. The second-order valence-electron chi connectivity index (χ2n) is 5.37. The van der Waals surface area contributed by atoms with Gasteiger partial charge in [-0.2, -0.15) is 5.21 Å². The van der Waals surface area contributed by atoms with Crippen LogP contribution in [0.4, 0.5) is 0 Å². The Bertz CT molecular complexity index is 823. The van der Waals surface area contributed by atoms with Gasteiger partial charge in [-0.25, -0.2) is 18.4 Å². The molecule has 1 amide bonds. The summed E-state index contributed by atoms with van der Waals surface area (Å²) in [6, 6.07) is 0. The molecule has 25 heavy (non-hydrogen) atoms. The van der Waals surface area contributed by atoms with E-state index in [1.807, 2.05) is 0 Å². The van der Waals surface area contributed by atoms with Gasteiger partial charge < -0.3 is 5.11 Å². The minimum absolute atomic E-state index is 0.0669. The molecule has 1 aromatic heterocycles. The quantitative estimate of drug-likeness (QED) is 0.376. The van der Waals surface area contributed by atoms with E-state index < -0.39 is 21.2 Å². The number of thioether (sulfide) groups is 2. The summed E-state index contributed by atoms with van der Waals surface area (Å²) in [5.74, 6) is -1.44. The fourth-order valence-corrected chi connectivity index (χ4v) is 5.76.